The first-order valence-electron chi connectivity index (χ1n) is 8.48. The van der Waals surface area contributed by atoms with Gasteiger partial charge in [-0.15, -0.1) is 0 Å². The van der Waals surface area contributed by atoms with Gasteiger partial charge >= 0.3 is 5.97 Å². The minimum Gasteiger partial charge on any atom is -0.466 e. The van der Waals surface area contributed by atoms with Gasteiger partial charge in [0, 0.05) is 25.2 Å². The third-order valence-electron chi connectivity index (χ3n) is 6.34. The molecular weight excluding hydrogens is 296 g/mol. The smallest absolute Gasteiger partial charge is 0.302 e. The zero-order valence-corrected chi connectivity index (χ0v) is 14.1. The van der Waals surface area contributed by atoms with Gasteiger partial charge in [-0.2, -0.15) is 0 Å². The van der Waals surface area contributed by atoms with Gasteiger partial charge in [-0.05, 0) is 37.0 Å². The molecule has 2 fully saturated rings. The summed E-state index contributed by atoms with van der Waals surface area (Å²) in [5.74, 6) is -1.32. The molecule has 1 heterocycles. The minimum absolute atomic E-state index is 0.0719. The molecule has 0 aromatic rings. The molecule has 0 aromatic heterocycles. The standard InChI is InChI=1S/C18H26O5/c1-11(19)18(21)17(3)15(10-23-18)6-5-14-8-13(4-7-16(14)17)9-22-12(2)20/h5-6,13-16,21H,4,7-10H2,1-3H3/t13-,14-,15+,16-,17-,18-/m0/s1. The summed E-state index contributed by atoms with van der Waals surface area (Å²) in [4.78, 5) is 23.1. The zero-order valence-electron chi connectivity index (χ0n) is 14.1. The van der Waals surface area contributed by atoms with E-state index in [0.29, 0.717) is 19.1 Å². The highest BCUT2D eigenvalue weighted by molar-refractivity contribution is 5.84. The van der Waals surface area contributed by atoms with Crippen LogP contribution in [0.3, 0.4) is 0 Å². The minimum atomic E-state index is -1.69. The Morgan fingerprint density at radius 3 is 2.70 bits per heavy atom. The lowest BCUT2D eigenvalue weighted by atomic mass is 9.53. The van der Waals surface area contributed by atoms with Crippen LogP contribution in [0.5, 0.6) is 0 Å². The number of hydrogen-bond donors (Lipinski definition) is 1. The first-order chi connectivity index (χ1) is 10.8. The van der Waals surface area contributed by atoms with Crippen LogP contribution >= 0.6 is 0 Å². The maximum Gasteiger partial charge on any atom is 0.302 e. The molecule has 1 N–H and O–H groups in total. The first kappa shape index (κ1) is 16.7. The van der Waals surface area contributed by atoms with Crippen molar-refractivity contribution < 1.29 is 24.2 Å². The fourth-order valence-corrected chi connectivity index (χ4v) is 4.97. The number of allylic oxidation sites excluding steroid dienone is 1. The summed E-state index contributed by atoms with van der Waals surface area (Å²) < 4.78 is 10.8. The largest absolute Gasteiger partial charge is 0.466 e. The van der Waals surface area contributed by atoms with Crippen molar-refractivity contribution in [3.05, 3.63) is 12.2 Å². The molecule has 5 heteroatoms. The van der Waals surface area contributed by atoms with Crippen LogP contribution in [0.2, 0.25) is 0 Å². The Balaban J connectivity index is 1.81. The molecular formula is C18H26O5. The summed E-state index contributed by atoms with van der Waals surface area (Å²) in [6, 6.07) is 0. The van der Waals surface area contributed by atoms with Gasteiger partial charge in [-0.25, -0.2) is 0 Å². The van der Waals surface area contributed by atoms with E-state index in [2.05, 4.69) is 12.2 Å². The van der Waals surface area contributed by atoms with Gasteiger partial charge in [0.1, 0.15) is 0 Å². The second-order valence-electron chi connectivity index (χ2n) is 7.54. The van der Waals surface area contributed by atoms with Crippen molar-refractivity contribution in [2.45, 2.75) is 45.8 Å². The lowest BCUT2D eigenvalue weighted by Crippen LogP contribution is -2.58. The summed E-state index contributed by atoms with van der Waals surface area (Å²) in [6.07, 6.45) is 7.10. The maximum atomic E-state index is 12.1. The quantitative estimate of drug-likeness (QED) is 0.636. The van der Waals surface area contributed by atoms with Crippen LogP contribution in [0, 0.1) is 29.1 Å². The topological polar surface area (TPSA) is 72.8 Å². The number of Topliss-reactive ketones (excluding diaryl/α,β-unsaturated/α-hetero) is 1. The molecule has 1 saturated heterocycles. The lowest BCUT2D eigenvalue weighted by molar-refractivity contribution is -0.233. The van der Waals surface area contributed by atoms with E-state index in [1.807, 2.05) is 6.92 Å². The molecule has 2 aliphatic carbocycles. The third kappa shape index (κ3) is 2.45. The van der Waals surface area contributed by atoms with Crippen molar-refractivity contribution >= 4 is 11.8 Å². The molecule has 128 valence electrons. The molecule has 5 nitrogen and oxygen atoms in total. The molecule has 0 amide bonds. The normalized spacial score (nSPS) is 45.2. The highest BCUT2D eigenvalue weighted by Crippen LogP contribution is 2.60. The summed E-state index contributed by atoms with van der Waals surface area (Å²) in [5.41, 5.74) is -0.579. The van der Waals surface area contributed by atoms with Crippen molar-refractivity contribution in [3.8, 4) is 0 Å². The van der Waals surface area contributed by atoms with Gasteiger partial charge in [0.2, 0.25) is 5.79 Å². The Bertz CT molecular complexity index is 542. The van der Waals surface area contributed by atoms with Crippen LogP contribution < -0.4 is 0 Å². The number of esters is 1. The van der Waals surface area contributed by atoms with Crippen molar-refractivity contribution in [3.63, 3.8) is 0 Å². The van der Waals surface area contributed by atoms with Crippen LogP contribution in [0.25, 0.3) is 0 Å². The zero-order chi connectivity index (χ0) is 16.8. The van der Waals surface area contributed by atoms with E-state index < -0.39 is 11.2 Å². The molecule has 0 radical (unpaired) electrons. The number of carbonyl (C=O) groups is 2. The average molecular weight is 322 g/mol. The van der Waals surface area contributed by atoms with E-state index >= 15 is 0 Å². The summed E-state index contributed by atoms with van der Waals surface area (Å²) in [5, 5.41) is 10.9. The van der Waals surface area contributed by atoms with E-state index in [0.717, 1.165) is 19.3 Å². The highest BCUT2D eigenvalue weighted by atomic mass is 16.6. The second kappa shape index (κ2) is 5.71. The number of carbonyl (C=O) groups excluding carboxylic acids is 2. The summed E-state index contributed by atoms with van der Waals surface area (Å²) in [7, 11) is 0. The molecule has 0 bridgehead atoms. The van der Waals surface area contributed by atoms with Crippen LogP contribution in [0.15, 0.2) is 12.2 Å². The Labute approximate surface area is 137 Å². The van der Waals surface area contributed by atoms with Crippen LogP contribution in [-0.4, -0.2) is 35.9 Å². The monoisotopic (exact) mass is 322 g/mol. The van der Waals surface area contributed by atoms with Gasteiger partial charge in [0.05, 0.1) is 13.2 Å². The second-order valence-corrected chi connectivity index (χ2v) is 7.54. The number of fused-ring (bicyclic) bond motifs is 3. The van der Waals surface area contributed by atoms with Crippen molar-refractivity contribution in [1.29, 1.82) is 0 Å². The SMILES string of the molecule is CC(=O)OC[C@H]1CC[C@H]2[C@@H](C=C[C@@H]3CO[C@@](O)(C(C)=O)[C@@]32C)C1. The van der Waals surface area contributed by atoms with Crippen molar-refractivity contribution in [1.82, 2.24) is 0 Å². The fraction of sp³-hybridized carbons (Fsp3) is 0.778. The molecule has 23 heavy (non-hydrogen) atoms. The van der Waals surface area contributed by atoms with Crippen LogP contribution in [-0.2, 0) is 19.1 Å². The van der Waals surface area contributed by atoms with Gasteiger partial charge < -0.3 is 14.6 Å². The number of ketones is 1. The van der Waals surface area contributed by atoms with Gasteiger partial charge in [0.25, 0.3) is 0 Å². The number of rotatable bonds is 3. The number of ether oxygens (including phenoxy) is 2. The summed E-state index contributed by atoms with van der Waals surface area (Å²) >= 11 is 0. The Morgan fingerprint density at radius 1 is 1.30 bits per heavy atom. The van der Waals surface area contributed by atoms with Crippen molar-refractivity contribution in [2.75, 3.05) is 13.2 Å². The van der Waals surface area contributed by atoms with Crippen LogP contribution in [0.4, 0.5) is 0 Å². The van der Waals surface area contributed by atoms with Gasteiger partial charge in [-0.1, -0.05) is 19.1 Å². The Hall–Kier alpha value is -1.20. The molecule has 3 rings (SSSR count). The molecule has 3 aliphatic rings. The van der Waals surface area contributed by atoms with Gasteiger partial charge in [-0.3, -0.25) is 9.59 Å². The molecule has 1 saturated carbocycles. The fourth-order valence-electron chi connectivity index (χ4n) is 4.97. The predicted octanol–water partition coefficient (Wildman–Crippen LogP) is 2.08. The molecule has 0 unspecified atom stereocenters. The third-order valence-corrected chi connectivity index (χ3v) is 6.34. The Morgan fingerprint density at radius 2 is 2.04 bits per heavy atom. The van der Waals surface area contributed by atoms with E-state index in [-0.39, 0.29) is 29.5 Å². The summed E-state index contributed by atoms with van der Waals surface area (Å²) in [6.45, 7) is 5.69. The molecule has 6 atom stereocenters. The van der Waals surface area contributed by atoms with E-state index in [4.69, 9.17) is 9.47 Å². The first-order valence-corrected chi connectivity index (χ1v) is 8.48. The number of aliphatic hydroxyl groups is 1. The van der Waals surface area contributed by atoms with Crippen molar-refractivity contribution in [2.24, 2.45) is 29.1 Å². The highest BCUT2D eigenvalue weighted by Gasteiger charge is 2.66. The van der Waals surface area contributed by atoms with E-state index in [9.17, 15) is 14.7 Å². The van der Waals surface area contributed by atoms with Crippen LogP contribution in [0.1, 0.15) is 40.0 Å². The average Bonchev–Trinajstić information content (AvgIpc) is 2.78. The Kier molecular flexibility index (Phi) is 4.13. The van der Waals surface area contributed by atoms with E-state index in [1.165, 1.54) is 13.8 Å². The maximum absolute atomic E-state index is 12.1. The molecule has 1 aliphatic heterocycles. The number of hydrogen-bond acceptors (Lipinski definition) is 5. The molecule has 0 aromatic carbocycles. The van der Waals surface area contributed by atoms with Gasteiger partial charge in [0.15, 0.2) is 5.78 Å². The van der Waals surface area contributed by atoms with E-state index in [1.54, 1.807) is 0 Å². The predicted molar refractivity (Wildman–Crippen MR) is 83.3 cm³/mol. The lowest BCUT2D eigenvalue weighted by Gasteiger charge is -2.52. The molecule has 0 spiro atoms.